The summed E-state index contributed by atoms with van der Waals surface area (Å²) in [6.45, 7) is 1.22. The maximum Gasteiger partial charge on any atom is 0.337 e. The highest BCUT2D eigenvalue weighted by Crippen LogP contribution is 2.24. The monoisotopic (exact) mass is 432 g/mol. The van der Waals surface area contributed by atoms with Gasteiger partial charge in [-0.2, -0.15) is 0 Å². The Hall–Kier alpha value is -3.20. The van der Waals surface area contributed by atoms with Crippen molar-refractivity contribution in [1.29, 1.82) is 0 Å². The Labute approximate surface area is 178 Å². The van der Waals surface area contributed by atoms with Crippen molar-refractivity contribution in [2.24, 2.45) is 5.92 Å². The topological polar surface area (TPSA) is 111 Å². The molecule has 1 aliphatic rings. The summed E-state index contributed by atoms with van der Waals surface area (Å²) >= 11 is 5.79. The maximum absolute atomic E-state index is 12.9. The van der Waals surface area contributed by atoms with E-state index in [2.05, 4.69) is 15.5 Å². The number of rotatable bonds is 5. The Morgan fingerprint density at radius 3 is 2.30 bits per heavy atom. The summed E-state index contributed by atoms with van der Waals surface area (Å²) in [7, 11) is 2.48. The van der Waals surface area contributed by atoms with Crippen molar-refractivity contribution in [3.8, 4) is 0 Å². The Balaban J connectivity index is 1.76. The van der Waals surface area contributed by atoms with Crippen molar-refractivity contribution in [2.75, 3.05) is 37.5 Å². The van der Waals surface area contributed by atoms with Gasteiger partial charge in [0.05, 0.1) is 31.3 Å². The van der Waals surface area contributed by atoms with Crippen molar-refractivity contribution in [3.63, 3.8) is 0 Å². The van der Waals surface area contributed by atoms with Crippen LogP contribution >= 0.6 is 11.6 Å². The first-order valence-electron chi connectivity index (χ1n) is 9.28. The first-order valence-corrected chi connectivity index (χ1v) is 9.66. The van der Waals surface area contributed by atoms with Gasteiger partial charge in [0.15, 0.2) is 11.0 Å². The molecule has 9 nitrogen and oxygen atoms in total. The van der Waals surface area contributed by atoms with Crippen LogP contribution in [0.5, 0.6) is 0 Å². The Bertz CT molecular complexity index is 916. The van der Waals surface area contributed by atoms with Crippen LogP contribution in [0.2, 0.25) is 5.15 Å². The number of aromatic nitrogens is 2. The predicted molar refractivity (Wildman–Crippen MR) is 110 cm³/mol. The van der Waals surface area contributed by atoms with E-state index in [0.29, 0.717) is 29.6 Å². The minimum atomic E-state index is -0.624. The molecule has 0 spiro atoms. The molecule has 2 heterocycles. The van der Waals surface area contributed by atoms with Crippen molar-refractivity contribution in [2.45, 2.75) is 12.8 Å². The standard InChI is InChI=1S/C20H21ClN4O5/c1-29-19(27)13-8-14(20(28)30-2)10-15(9-13)22-18(26)12-4-3-7-25(11-12)17-6-5-16(21)23-24-17/h5-6,8-10,12H,3-4,7,11H2,1-2H3,(H,22,26). The molecule has 1 N–H and O–H groups in total. The maximum atomic E-state index is 12.9. The van der Waals surface area contributed by atoms with Crippen LogP contribution in [0, 0.1) is 5.92 Å². The van der Waals surface area contributed by atoms with Gasteiger partial charge >= 0.3 is 11.9 Å². The van der Waals surface area contributed by atoms with Crippen LogP contribution in [0.3, 0.4) is 0 Å². The first-order chi connectivity index (χ1) is 14.4. The summed E-state index contributed by atoms with van der Waals surface area (Å²) in [5.74, 6) is -1.13. The van der Waals surface area contributed by atoms with Gasteiger partial charge in [0.2, 0.25) is 5.91 Å². The molecule has 0 saturated carbocycles. The highest BCUT2D eigenvalue weighted by molar-refractivity contribution is 6.29. The van der Waals surface area contributed by atoms with Gasteiger partial charge in [-0.1, -0.05) is 11.6 Å². The molecule has 1 atom stereocenters. The SMILES string of the molecule is COC(=O)c1cc(NC(=O)C2CCCN(c3ccc(Cl)nn3)C2)cc(C(=O)OC)c1. The molecule has 1 saturated heterocycles. The highest BCUT2D eigenvalue weighted by atomic mass is 35.5. The number of methoxy groups -OCH3 is 2. The van der Waals surface area contributed by atoms with Gasteiger partial charge < -0.3 is 19.7 Å². The van der Waals surface area contributed by atoms with E-state index in [1.807, 2.05) is 4.90 Å². The van der Waals surface area contributed by atoms with E-state index in [1.165, 1.54) is 32.4 Å². The fraction of sp³-hybridized carbons (Fsp3) is 0.350. The summed E-state index contributed by atoms with van der Waals surface area (Å²) in [6.07, 6.45) is 1.50. The molecular weight excluding hydrogens is 412 g/mol. The van der Waals surface area contributed by atoms with E-state index >= 15 is 0 Å². The van der Waals surface area contributed by atoms with E-state index < -0.39 is 11.9 Å². The quantitative estimate of drug-likeness (QED) is 0.717. The number of nitrogens with zero attached hydrogens (tertiary/aromatic N) is 3. The Kier molecular flexibility index (Phi) is 6.83. The van der Waals surface area contributed by atoms with Gasteiger partial charge in [0.1, 0.15) is 0 Å². The summed E-state index contributed by atoms with van der Waals surface area (Å²) < 4.78 is 9.44. The first kappa shape index (κ1) is 21.5. The minimum Gasteiger partial charge on any atom is -0.465 e. The number of benzene rings is 1. The van der Waals surface area contributed by atoms with Gasteiger partial charge in [-0.05, 0) is 43.2 Å². The van der Waals surface area contributed by atoms with Crippen LogP contribution < -0.4 is 10.2 Å². The second kappa shape index (κ2) is 9.53. The summed E-state index contributed by atoms with van der Waals surface area (Å²) in [5, 5.41) is 11.0. The minimum absolute atomic E-state index is 0.136. The molecule has 2 aromatic rings. The van der Waals surface area contributed by atoms with Crippen molar-refractivity contribution < 1.29 is 23.9 Å². The molecule has 1 amide bonds. The average Bonchev–Trinajstić information content (AvgIpc) is 2.78. The number of amides is 1. The Morgan fingerprint density at radius 2 is 1.73 bits per heavy atom. The van der Waals surface area contributed by atoms with E-state index in [0.717, 1.165) is 13.0 Å². The molecule has 1 aromatic heterocycles. The molecule has 1 fully saturated rings. The van der Waals surface area contributed by atoms with Gasteiger partial charge in [0.25, 0.3) is 0 Å². The van der Waals surface area contributed by atoms with Crippen LogP contribution in [-0.2, 0) is 14.3 Å². The fourth-order valence-corrected chi connectivity index (χ4v) is 3.39. The lowest BCUT2D eigenvalue weighted by Crippen LogP contribution is -2.41. The number of ether oxygens (including phenoxy) is 2. The smallest absolute Gasteiger partial charge is 0.337 e. The van der Waals surface area contributed by atoms with Crippen LogP contribution in [0.1, 0.15) is 33.6 Å². The van der Waals surface area contributed by atoms with Crippen LogP contribution in [0.4, 0.5) is 11.5 Å². The van der Waals surface area contributed by atoms with Gasteiger partial charge in [-0.15, -0.1) is 10.2 Å². The predicted octanol–water partition coefficient (Wildman–Crippen LogP) is 2.56. The molecule has 0 aliphatic carbocycles. The largest absolute Gasteiger partial charge is 0.465 e. The fourth-order valence-electron chi connectivity index (χ4n) is 3.29. The number of carbonyl (C=O) groups excluding carboxylic acids is 3. The number of piperidine rings is 1. The lowest BCUT2D eigenvalue weighted by Gasteiger charge is -2.32. The summed E-state index contributed by atoms with van der Waals surface area (Å²) in [5.41, 5.74) is 0.585. The molecule has 1 aliphatic heterocycles. The number of carbonyl (C=O) groups is 3. The van der Waals surface area contributed by atoms with E-state index in [4.69, 9.17) is 21.1 Å². The third-order valence-electron chi connectivity index (χ3n) is 4.78. The average molecular weight is 433 g/mol. The number of anilines is 2. The second-order valence-electron chi connectivity index (χ2n) is 6.77. The number of halogens is 1. The molecule has 1 unspecified atom stereocenters. The molecule has 0 bridgehead atoms. The molecule has 10 heteroatoms. The number of hydrogen-bond acceptors (Lipinski definition) is 8. The molecule has 30 heavy (non-hydrogen) atoms. The van der Waals surface area contributed by atoms with Gasteiger partial charge in [-0.25, -0.2) is 9.59 Å². The van der Waals surface area contributed by atoms with Crippen molar-refractivity contribution >= 4 is 41.0 Å². The summed E-state index contributed by atoms with van der Waals surface area (Å²) in [4.78, 5) is 38.7. The number of hydrogen-bond donors (Lipinski definition) is 1. The van der Waals surface area contributed by atoms with Crippen LogP contribution in [-0.4, -0.2) is 55.4 Å². The van der Waals surface area contributed by atoms with Gasteiger partial charge in [-0.3, -0.25) is 4.79 Å². The Morgan fingerprint density at radius 1 is 1.07 bits per heavy atom. The zero-order chi connectivity index (χ0) is 21.7. The molecule has 1 aromatic carbocycles. The molecule has 0 radical (unpaired) electrons. The van der Waals surface area contributed by atoms with Crippen LogP contribution in [0.15, 0.2) is 30.3 Å². The van der Waals surface area contributed by atoms with Crippen LogP contribution in [0.25, 0.3) is 0 Å². The molecular formula is C20H21ClN4O5. The lowest BCUT2D eigenvalue weighted by atomic mass is 9.97. The summed E-state index contributed by atoms with van der Waals surface area (Å²) in [6, 6.07) is 7.69. The molecule has 3 rings (SSSR count). The highest BCUT2D eigenvalue weighted by Gasteiger charge is 2.27. The number of nitrogens with one attached hydrogen (secondary N) is 1. The number of esters is 2. The lowest BCUT2D eigenvalue weighted by molar-refractivity contribution is -0.120. The normalized spacial score (nSPS) is 16.0. The van der Waals surface area contributed by atoms with Gasteiger partial charge in [0, 0.05) is 18.8 Å². The third-order valence-corrected chi connectivity index (χ3v) is 4.98. The van der Waals surface area contributed by atoms with E-state index in [1.54, 1.807) is 12.1 Å². The zero-order valence-corrected chi connectivity index (χ0v) is 17.3. The van der Waals surface area contributed by atoms with E-state index in [-0.39, 0.29) is 23.0 Å². The van der Waals surface area contributed by atoms with Crippen molar-refractivity contribution in [3.05, 3.63) is 46.6 Å². The van der Waals surface area contributed by atoms with E-state index in [9.17, 15) is 14.4 Å². The zero-order valence-electron chi connectivity index (χ0n) is 16.6. The third kappa shape index (κ3) is 5.04. The second-order valence-corrected chi connectivity index (χ2v) is 7.16. The molecule has 158 valence electrons. The van der Waals surface area contributed by atoms with Crippen molar-refractivity contribution in [1.82, 2.24) is 10.2 Å².